The Morgan fingerprint density at radius 1 is 1.35 bits per heavy atom. The summed E-state index contributed by atoms with van der Waals surface area (Å²) in [7, 11) is 0. The number of aromatic nitrogens is 3. The maximum atomic E-state index is 9.40. The standard InChI is InChI=1S/C15H22N4O/c1-4-15(3,11-20)10-18-13-5-6-14(17-9-13)19-8-7-16-12(19)2/h5-9,18,20H,4,10-11H2,1-3H3. The molecule has 1 atom stereocenters. The number of aryl methyl sites for hydroxylation is 1. The predicted octanol–water partition coefficient (Wildman–Crippen LogP) is 2.40. The van der Waals surface area contributed by atoms with Crippen LogP contribution in [-0.2, 0) is 0 Å². The second kappa shape index (κ2) is 6.05. The number of nitrogens with zero attached hydrogens (tertiary/aromatic N) is 3. The summed E-state index contributed by atoms with van der Waals surface area (Å²) in [6.07, 6.45) is 6.39. The van der Waals surface area contributed by atoms with Gasteiger partial charge < -0.3 is 10.4 Å². The Morgan fingerprint density at radius 3 is 2.65 bits per heavy atom. The lowest BCUT2D eigenvalue weighted by Crippen LogP contribution is -2.29. The molecule has 0 bridgehead atoms. The first kappa shape index (κ1) is 14.5. The van der Waals surface area contributed by atoms with Crippen LogP contribution in [0.5, 0.6) is 0 Å². The first-order valence-corrected chi connectivity index (χ1v) is 6.89. The molecule has 2 N–H and O–H groups in total. The number of hydrogen-bond donors (Lipinski definition) is 2. The number of aliphatic hydroxyl groups excluding tert-OH is 1. The molecule has 108 valence electrons. The largest absolute Gasteiger partial charge is 0.396 e. The van der Waals surface area contributed by atoms with E-state index in [1.54, 1.807) is 6.20 Å². The minimum absolute atomic E-state index is 0.0976. The smallest absolute Gasteiger partial charge is 0.138 e. The number of hydrogen-bond acceptors (Lipinski definition) is 4. The van der Waals surface area contributed by atoms with Crippen LogP contribution >= 0.6 is 0 Å². The second-order valence-corrected chi connectivity index (χ2v) is 5.43. The summed E-state index contributed by atoms with van der Waals surface area (Å²) in [6.45, 7) is 7.00. The number of imidazole rings is 1. The Labute approximate surface area is 119 Å². The SMILES string of the molecule is CCC(C)(CO)CNc1ccc(-n2ccnc2C)nc1. The highest BCUT2D eigenvalue weighted by molar-refractivity contribution is 5.44. The van der Waals surface area contributed by atoms with E-state index >= 15 is 0 Å². The highest BCUT2D eigenvalue weighted by Crippen LogP contribution is 2.21. The Balaban J connectivity index is 2.04. The summed E-state index contributed by atoms with van der Waals surface area (Å²) in [5, 5.41) is 12.7. The van der Waals surface area contributed by atoms with E-state index in [0.29, 0.717) is 0 Å². The third kappa shape index (κ3) is 3.17. The molecular weight excluding hydrogens is 252 g/mol. The topological polar surface area (TPSA) is 63.0 Å². The van der Waals surface area contributed by atoms with Crippen LogP contribution < -0.4 is 5.32 Å². The lowest BCUT2D eigenvalue weighted by Gasteiger charge is -2.26. The number of pyridine rings is 1. The van der Waals surface area contributed by atoms with Gasteiger partial charge in [0.2, 0.25) is 0 Å². The van der Waals surface area contributed by atoms with Gasteiger partial charge in [-0.05, 0) is 25.5 Å². The molecule has 0 aliphatic heterocycles. The molecule has 2 aromatic heterocycles. The van der Waals surface area contributed by atoms with E-state index in [9.17, 15) is 5.11 Å². The highest BCUT2D eigenvalue weighted by atomic mass is 16.3. The van der Waals surface area contributed by atoms with E-state index in [1.165, 1.54) is 0 Å². The number of aliphatic hydroxyl groups is 1. The van der Waals surface area contributed by atoms with E-state index in [4.69, 9.17) is 0 Å². The maximum absolute atomic E-state index is 9.40. The zero-order chi connectivity index (χ0) is 14.6. The number of anilines is 1. The Bertz CT molecular complexity index is 543. The number of rotatable bonds is 6. The summed E-state index contributed by atoms with van der Waals surface area (Å²) < 4.78 is 1.94. The van der Waals surface area contributed by atoms with Gasteiger partial charge in [-0.3, -0.25) is 4.57 Å². The third-order valence-electron chi connectivity index (χ3n) is 3.77. The fourth-order valence-electron chi connectivity index (χ4n) is 1.86. The third-order valence-corrected chi connectivity index (χ3v) is 3.77. The average molecular weight is 274 g/mol. The molecule has 5 heteroatoms. The van der Waals surface area contributed by atoms with Crippen molar-refractivity contribution < 1.29 is 5.11 Å². The van der Waals surface area contributed by atoms with E-state index in [0.717, 1.165) is 30.3 Å². The minimum atomic E-state index is -0.0976. The first-order chi connectivity index (χ1) is 9.58. The van der Waals surface area contributed by atoms with Gasteiger partial charge in [0.1, 0.15) is 11.6 Å². The quantitative estimate of drug-likeness (QED) is 0.849. The van der Waals surface area contributed by atoms with Gasteiger partial charge in [-0.1, -0.05) is 13.8 Å². The lowest BCUT2D eigenvalue weighted by molar-refractivity contribution is 0.149. The van der Waals surface area contributed by atoms with Crippen LogP contribution in [0.1, 0.15) is 26.1 Å². The van der Waals surface area contributed by atoms with E-state index < -0.39 is 0 Å². The van der Waals surface area contributed by atoms with Gasteiger partial charge in [-0.15, -0.1) is 0 Å². The van der Waals surface area contributed by atoms with Crippen LogP contribution in [-0.4, -0.2) is 32.8 Å². The van der Waals surface area contributed by atoms with Crippen molar-refractivity contribution in [3.63, 3.8) is 0 Å². The van der Waals surface area contributed by atoms with Gasteiger partial charge in [0.15, 0.2) is 0 Å². The minimum Gasteiger partial charge on any atom is -0.396 e. The van der Waals surface area contributed by atoms with Crippen molar-refractivity contribution in [2.75, 3.05) is 18.5 Å². The van der Waals surface area contributed by atoms with Crippen molar-refractivity contribution in [2.24, 2.45) is 5.41 Å². The molecule has 0 spiro atoms. The summed E-state index contributed by atoms with van der Waals surface area (Å²) in [5.41, 5.74) is 0.860. The van der Waals surface area contributed by atoms with Crippen LogP contribution in [0.3, 0.4) is 0 Å². The monoisotopic (exact) mass is 274 g/mol. The van der Waals surface area contributed by atoms with Crippen LogP contribution in [0.15, 0.2) is 30.7 Å². The molecule has 5 nitrogen and oxygen atoms in total. The molecular formula is C15H22N4O. The lowest BCUT2D eigenvalue weighted by atomic mass is 9.88. The fourth-order valence-corrected chi connectivity index (χ4v) is 1.86. The zero-order valence-electron chi connectivity index (χ0n) is 12.3. The Morgan fingerprint density at radius 2 is 2.15 bits per heavy atom. The summed E-state index contributed by atoms with van der Waals surface area (Å²) in [5.74, 6) is 1.77. The van der Waals surface area contributed by atoms with Gasteiger partial charge in [0.05, 0.1) is 18.5 Å². The molecule has 1 unspecified atom stereocenters. The van der Waals surface area contributed by atoms with Crippen molar-refractivity contribution in [1.29, 1.82) is 0 Å². The van der Waals surface area contributed by atoms with Crippen LogP contribution in [0.2, 0.25) is 0 Å². The molecule has 0 aromatic carbocycles. The maximum Gasteiger partial charge on any atom is 0.138 e. The van der Waals surface area contributed by atoms with Gasteiger partial charge in [-0.2, -0.15) is 0 Å². The summed E-state index contributed by atoms with van der Waals surface area (Å²) >= 11 is 0. The molecule has 2 heterocycles. The molecule has 0 amide bonds. The molecule has 0 saturated carbocycles. The van der Waals surface area contributed by atoms with Crippen molar-refractivity contribution in [2.45, 2.75) is 27.2 Å². The molecule has 2 rings (SSSR count). The van der Waals surface area contributed by atoms with E-state index in [1.807, 2.05) is 36.0 Å². The van der Waals surface area contributed by atoms with Gasteiger partial charge in [0.25, 0.3) is 0 Å². The van der Waals surface area contributed by atoms with Crippen molar-refractivity contribution >= 4 is 5.69 Å². The molecule has 20 heavy (non-hydrogen) atoms. The average Bonchev–Trinajstić information content (AvgIpc) is 2.91. The normalized spacial score (nSPS) is 14.0. The number of nitrogens with one attached hydrogen (secondary N) is 1. The van der Waals surface area contributed by atoms with E-state index in [2.05, 4.69) is 29.1 Å². The fraction of sp³-hybridized carbons (Fsp3) is 0.467. The molecule has 0 radical (unpaired) electrons. The van der Waals surface area contributed by atoms with Crippen LogP contribution in [0.25, 0.3) is 5.82 Å². The predicted molar refractivity (Wildman–Crippen MR) is 80.1 cm³/mol. The molecule has 0 aliphatic rings. The van der Waals surface area contributed by atoms with Gasteiger partial charge >= 0.3 is 0 Å². The van der Waals surface area contributed by atoms with E-state index in [-0.39, 0.29) is 12.0 Å². The highest BCUT2D eigenvalue weighted by Gasteiger charge is 2.20. The summed E-state index contributed by atoms with van der Waals surface area (Å²) in [4.78, 5) is 8.62. The van der Waals surface area contributed by atoms with Gasteiger partial charge in [0, 0.05) is 24.4 Å². The summed E-state index contributed by atoms with van der Waals surface area (Å²) in [6, 6.07) is 3.95. The van der Waals surface area contributed by atoms with Crippen LogP contribution in [0.4, 0.5) is 5.69 Å². The molecule has 0 saturated heterocycles. The van der Waals surface area contributed by atoms with Crippen molar-refractivity contribution in [3.05, 3.63) is 36.5 Å². The molecule has 2 aromatic rings. The Kier molecular flexibility index (Phi) is 4.39. The van der Waals surface area contributed by atoms with Crippen molar-refractivity contribution in [1.82, 2.24) is 14.5 Å². The van der Waals surface area contributed by atoms with Gasteiger partial charge in [-0.25, -0.2) is 9.97 Å². The van der Waals surface area contributed by atoms with Crippen LogP contribution in [0, 0.1) is 12.3 Å². The zero-order valence-corrected chi connectivity index (χ0v) is 12.3. The second-order valence-electron chi connectivity index (χ2n) is 5.43. The molecule has 0 aliphatic carbocycles. The van der Waals surface area contributed by atoms with Crippen molar-refractivity contribution in [3.8, 4) is 5.82 Å². The Hall–Kier alpha value is -1.88. The molecule has 0 fully saturated rings. The first-order valence-electron chi connectivity index (χ1n) is 6.89.